The molecule has 0 bridgehead atoms. The summed E-state index contributed by atoms with van der Waals surface area (Å²) in [6, 6.07) is 6.20. The van der Waals surface area contributed by atoms with E-state index in [2.05, 4.69) is 0 Å². The van der Waals surface area contributed by atoms with Crippen molar-refractivity contribution in [3.05, 3.63) is 47.3 Å². The summed E-state index contributed by atoms with van der Waals surface area (Å²) in [7, 11) is 0. The van der Waals surface area contributed by atoms with E-state index in [1.165, 1.54) is 18.2 Å². The monoisotopic (exact) mass is 260 g/mol. The van der Waals surface area contributed by atoms with Gasteiger partial charge < -0.3 is 14.9 Å². The summed E-state index contributed by atoms with van der Waals surface area (Å²) in [6.45, 7) is 0. The van der Waals surface area contributed by atoms with E-state index in [0.29, 0.717) is 5.56 Å². The van der Waals surface area contributed by atoms with Crippen LogP contribution in [-0.4, -0.2) is 16.0 Å². The third-order valence-corrected chi connectivity index (χ3v) is 2.98. The molecule has 0 atom stereocenters. The van der Waals surface area contributed by atoms with E-state index in [1.807, 2.05) is 0 Å². The molecule has 4 nitrogen and oxygen atoms in total. The molecule has 5 heteroatoms. The van der Waals surface area contributed by atoms with Crippen LogP contribution in [0.1, 0.15) is 15.9 Å². The van der Waals surface area contributed by atoms with Gasteiger partial charge in [-0.15, -0.1) is 0 Å². The van der Waals surface area contributed by atoms with E-state index < -0.39 is 17.3 Å². The highest BCUT2D eigenvalue weighted by Gasteiger charge is 2.23. The van der Waals surface area contributed by atoms with Gasteiger partial charge in [-0.1, -0.05) is 6.07 Å². The summed E-state index contributed by atoms with van der Waals surface area (Å²) in [4.78, 5) is 12.1. The first-order valence-corrected chi connectivity index (χ1v) is 5.60. The zero-order valence-electron chi connectivity index (χ0n) is 9.68. The van der Waals surface area contributed by atoms with Crippen molar-refractivity contribution in [2.45, 2.75) is 6.42 Å². The van der Waals surface area contributed by atoms with E-state index in [1.54, 1.807) is 0 Å². The second-order valence-electron chi connectivity index (χ2n) is 4.29. The molecule has 0 unspecified atom stereocenters. The fourth-order valence-electron chi connectivity index (χ4n) is 2.02. The van der Waals surface area contributed by atoms with E-state index in [0.717, 1.165) is 12.1 Å². The molecular formula is C14H9FO4. The molecule has 1 heterocycles. The molecule has 0 saturated carbocycles. The molecule has 0 aliphatic carbocycles. The van der Waals surface area contributed by atoms with Crippen LogP contribution in [0.3, 0.4) is 0 Å². The summed E-state index contributed by atoms with van der Waals surface area (Å²) >= 11 is 0. The third-order valence-electron chi connectivity index (χ3n) is 2.98. The van der Waals surface area contributed by atoms with Gasteiger partial charge in [0.1, 0.15) is 17.3 Å². The zero-order valence-corrected chi connectivity index (χ0v) is 9.68. The quantitative estimate of drug-likeness (QED) is 0.715. The number of ketones is 1. The molecule has 0 aromatic heterocycles. The van der Waals surface area contributed by atoms with Gasteiger partial charge in [-0.05, 0) is 12.1 Å². The number of hydrogen-bond acceptors (Lipinski definition) is 4. The van der Waals surface area contributed by atoms with Gasteiger partial charge >= 0.3 is 0 Å². The lowest BCUT2D eigenvalue weighted by Crippen LogP contribution is -2.01. The van der Waals surface area contributed by atoms with Crippen LogP contribution in [0.15, 0.2) is 30.3 Å². The number of benzene rings is 2. The van der Waals surface area contributed by atoms with Crippen molar-refractivity contribution >= 4 is 5.78 Å². The van der Waals surface area contributed by atoms with Crippen LogP contribution in [0, 0.1) is 5.82 Å². The number of carbonyl (C=O) groups excluding carboxylic acids is 1. The molecule has 2 aromatic carbocycles. The number of halogens is 1. The Kier molecular flexibility index (Phi) is 2.41. The van der Waals surface area contributed by atoms with Crippen molar-refractivity contribution in [2.24, 2.45) is 0 Å². The Hall–Kier alpha value is -2.56. The van der Waals surface area contributed by atoms with Crippen LogP contribution in [0.4, 0.5) is 4.39 Å². The van der Waals surface area contributed by atoms with Gasteiger partial charge in [0.2, 0.25) is 0 Å². The smallest absolute Gasteiger partial charge is 0.171 e. The normalized spacial score (nSPS) is 13.2. The molecule has 96 valence electrons. The maximum absolute atomic E-state index is 13.2. The van der Waals surface area contributed by atoms with Crippen molar-refractivity contribution in [3.63, 3.8) is 0 Å². The molecule has 0 amide bonds. The number of fused-ring (bicyclic) bond motifs is 2. The summed E-state index contributed by atoms with van der Waals surface area (Å²) in [5.41, 5.74) is 0.716. The maximum atomic E-state index is 13.2. The van der Waals surface area contributed by atoms with Gasteiger partial charge in [0.15, 0.2) is 17.3 Å². The van der Waals surface area contributed by atoms with E-state index in [-0.39, 0.29) is 29.3 Å². The Balaban J connectivity index is 2.19. The number of rotatable bonds is 0. The van der Waals surface area contributed by atoms with Crippen LogP contribution >= 0.6 is 0 Å². The lowest BCUT2D eigenvalue weighted by atomic mass is 10.0. The van der Waals surface area contributed by atoms with E-state index in [4.69, 9.17) is 4.74 Å². The molecule has 0 radical (unpaired) electrons. The second-order valence-corrected chi connectivity index (χ2v) is 4.29. The van der Waals surface area contributed by atoms with Gasteiger partial charge in [-0.2, -0.15) is 0 Å². The minimum absolute atomic E-state index is 0.0484. The second kappa shape index (κ2) is 3.98. The van der Waals surface area contributed by atoms with Crippen LogP contribution in [-0.2, 0) is 6.42 Å². The standard InChI is InChI=1S/C14H9FO4/c15-8-2-1-7-3-10(16)9-5-11(17)12(18)6-14(9)19-13(7)4-8/h1-2,4-6,17-18H,3H2. The maximum Gasteiger partial charge on any atom is 0.171 e. The first-order valence-electron chi connectivity index (χ1n) is 5.60. The molecule has 3 rings (SSSR count). The fourth-order valence-corrected chi connectivity index (χ4v) is 2.02. The average Bonchev–Trinajstić information content (AvgIpc) is 2.48. The highest BCUT2D eigenvalue weighted by atomic mass is 19.1. The van der Waals surface area contributed by atoms with Crippen molar-refractivity contribution in [1.29, 1.82) is 0 Å². The number of aromatic hydroxyl groups is 2. The lowest BCUT2D eigenvalue weighted by Gasteiger charge is -2.09. The third kappa shape index (κ3) is 1.89. The van der Waals surface area contributed by atoms with Crippen LogP contribution < -0.4 is 4.74 Å². The van der Waals surface area contributed by atoms with Gasteiger partial charge in [-0.3, -0.25) is 4.79 Å². The van der Waals surface area contributed by atoms with Crippen molar-refractivity contribution in [3.8, 4) is 23.0 Å². The Bertz CT molecular complexity index is 694. The molecule has 1 aliphatic rings. The minimum atomic E-state index is -0.474. The predicted octanol–water partition coefficient (Wildman–Crippen LogP) is 2.77. The first kappa shape index (κ1) is 11.5. The summed E-state index contributed by atoms with van der Waals surface area (Å²) in [5.74, 6) is -1.20. The van der Waals surface area contributed by atoms with E-state index in [9.17, 15) is 19.4 Å². The topological polar surface area (TPSA) is 66.8 Å². The van der Waals surface area contributed by atoms with Crippen LogP contribution in [0.25, 0.3) is 0 Å². The Morgan fingerprint density at radius 2 is 1.79 bits per heavy atom. The molecule has 2 N–H and O–H groups in total. The molecule has 0 spiro atoms. The molecule has 0 saturated heterocycles. The highest BCUT2D eigenvalue weighted by molar-refractivity contribution is 6.01. The Morgan fingerprint density at radius 1 is 1.05 bits per heavy atom. The van der Waals surface area contributed by atoms with Crippen molar-refractivity contribution in [2.75, 3.05) is 0 Å². The molecule has 1 aliphatic heterocycles. The number of Topliss-reactive ketones (excluding diaryl/α,β-unsaturated/α-hetero) is 1. The highest BCUT2D eigenvalue weighted by Crippen LogP contribution is 2.39. The minimum Gasteiger partial charge on any atom is -0.504 e. The largest absolute Gasteiger partial charge is 0.504 e. The van der Waals surface area contributed by atoms with Crippen molar-refractivity contribution in [1.82, 2.24) is 0 Å². The van der Waals surface area contributed by atoms with Crippen LogP contribution in [0.5, 0.6) is 23.0 Å². The SMILES string of the molecule is O=C1Cc2ccc(F)cc2Oc2cc(O)c(O)cc21. The van der Waals surface area contributed by atoms with E-state index >= 15 is 0 Å². The Morgan fingerprint density at radius 3 is 2.58 bits per heavy atom. The Labute approximate surface area is 107 Å². The van der Waals surface area contributed by atoms with Crippen molar-refractivity contribution < 1.29 is 24.1 Å². The summed E-state index contributed by atoms with van der Waals surface area (Å²) in [6.07, 6.45) is 0.0484. The number of phenolic OH excluding ortho intramolecular Hbond substituents is 2. The molecule has 2 aromatic rings. The number of carbonyl (C=O) groups is 1. The first-order chi connectivity index (χ1) is 9.04. The summed E-state index contributed by atoms with van der Waals surface area (Å²) < 4.78 is 18.6. The molecule has 19 heavy (non-hydrogen) atoms. The number of ether oxygens (including phenoxy) is 1. The van der Waals surface area contributed by atoms with Crippen LogP contribution in [0.2, 0.25) is 0 Å². The average molecular weight is 260 g/mol. The van der Waals surface area contributed by atoms with Gasteiger partial charge in [-0.25, -0.2) is 4.39 Å². The van der Waals surface area contributed by atoms with Gasteiger partial charge in [0.25, 0.3) is 0 Å². The van der Waals surface area contributed by atoms with Gasteiger partial charge in [0, 0.05) is 24.1 Å². The molecule has 0 fully saturated rings. The van der Waals surface area contributed by atoms with Gasteiger partial charge in [0.05, 0.1) is 5.56 Å². The zero-order chi connectivity index (χ0) is 13.6. The predicted molar refractivity (Wildman–Crippen MR) is 64.3 cm³/mol. The number of hydrogen-bond donors (Lipinski definition) is 2. The fraction of sp³-hybridized carbons (Fsp3) is 0.0714. The molecular weight excluding hydrogens is 251 g/mol. The number of phenols is 2. The lowest BCUT2D eigenvalue weighted by molar-refractivity contribution is 0.0993. The summed E-state index contributed by atoms with van der Waals surface area (Å²) in [5, 5.41) is 18.9.